The second-order valence-corrected chi connectivity index (χ2v) is 4.63. The van der Waals surface area contributed by atoms with Crippen molar-refractivity contribution in [2.24, 2.45) is 0 Å². The minimum atomic E-state index is -0.233. The summed E-state index contributed by atoms with van der Waals surface area (Å²) in [7, 11) is 0. The lowest BCUT2D eigenvalue weighted by Gasteiger charge is -2.25. The molecule has 0 atom stereocenters. The lowest BCUT2D eigenvalue weighted by atomic mass is 9.83. The predicted octanol–water partition coefficient (Wildman–Crippen LogP) is 2.76. The van der Waals surface area contributed by atoms with Crippen molar-refractivity contribution < 1.29 is 4.52 Å². The van der Waals surface area contributed by atoms with Crippen LogP contribution in [0.1, 0.15) is 36.4 Å². The second-order valence-electron chi connectivity index (χ2n) is 4.63. The molecule has 0 radical (unpaired) electrons. The molecule has 0 aliphatic heterocycles. The number of hydrogen-bond donors (Lipinski definition) is 0. The second kappa shape index (κ2) is 4.24. The molecule has 3 rings (SSSR count). The van der Waals surface area contributed by atoms with Crippen molar-refractivity contribution in [1.82, 2.24) is 4.74 Å². The van der Waals surface area contributed by atoms with E-state index in [1.165, 1.54) is 19.3 Å². The third-order valence-corrected chi connectivity index (χ3v) is 3.45. The van der Waals surface area contributed by atoms with E-state index >= 15 is 0 Å². The number of hydrogen-bond acceptors (Lipinski definition) is 2. The van der Waals surface area contributed by atoms with Crippen molar-refractivity contribution >= 4 is 0 Å². The number of nitrogens with zero attached hydrogens (tertiary/aromatic N) is 1. The SMILES string of the molecule is O=c1cc(C2CCC2)n(Cc2ccccc2)o1. The third-order valence-electron chi connectivity index (χ3n) is 3.45. The van der Waals surface area contributed by atoms with E-state index in [1.54, 1.807) is 10.8 Å². The van der Waals surface area contributed by atoms with Gasteiger partial charge in [0.1, 0.15) is 0 Å². The van der Waals surface area contributed by atoms with Crippen molar-refractivity contribution in [1.29, 1.82) is 0 Å². The Hall–Kier alpha value is -1.77. The average molecular weight is 229 g/mol. The first-order valence-electron chi connectivity index (χ1n) is 6.08. The maximum Gasteiger partial charge on any atom is 0.357 e. The Balaban J connectivity index is 1.89. The summed E-state index contributed by atoms with van der Waals surface area (Å²) < 4.78 is 6.99. The smallest absolute Gasteiger partial charge is 0.336 e. The maximum absolute atomic E-state index is 11.4. The van der Waals surface area contributed by atoms with Gasteiger partial charge in [0, 0.05) is 12.0 Å². The van der Waals surface area contributed by atoms with Crippen LogP contribution in [0.5, 0.6) is 0 Å². The predicted molar refractivity (Wildman–Crippen MR) is 65.1 cm³/mol. The summed E-state index contributed by atoms with van der Waals surface area (Å²) in [6.45, 7) is 0.648. The summed E-state index contributed by atoms with van der Waals surface area (Å²) in [5.74, 6) is 0.519. The highest BCUT2D eigenvalue weighted by Crippen LogP contribution is 2.35. The molecule has 1 aromatic heterocycles. The Bertz CT molecular complexity index is 549. The Morgan fingerprint density at radius 2 is 2.00 bits per heavy atom. The summed E-state index contributed by atoms with van der Waals surface area (Å²) in [5.41, 5.74) is 1.99. The van der Waals surface area contributed by atoms with Crippen molar-refractivity contribution in [3.05, 3.63) is 58.1 Å². The summed E-state index contributed by atoms with van der Waals surface area (Å²) in [4.78, 5) is 11.4. The Kier molecular flexibility index (Phi) is 2.59. The van der Waals surface area contributed by atoms with E-state index in [0.717, 1.165) is 11.3 Å². The Morgan fingerprint density at radius 1 is 1.24 bits per heavy atom. The van der Waals surface area contributed by atoms with Gasteiger partial charge in [-0.05, 0) is 18.4 Å². The van der Waals surface area contributed by atoms with Gasteiger partial charge in [-0.3, -0.25) is 0 Å². The zero-order valence-corrected chi connectivity index (χ0v) is 9.63. The van der Waals surface area contributed by atoms with Crippen molar-refractivity contribution in [3.63, 3.8) is 0 Å². The molecule has 0 bridgehead atoms. The molecule has 0 amide bonds. The lowest BCUT2D eigenvalue weighted by molar-refractivity contribution is 0.242. The molecule has 0 saturated heterocycles. The highest BCUT2D eigenvalue weighted by molar-refractivity contribution is 5.17. The normalized spacial score (nSPS) is 15.8. The van der Waals surface area contributed by atoms with Gasteiger partial charge < -0.3 is 4.52 Å². The summed E-state index contributed by atoms with van der Waals surface area (Å²) in [6, 6.07) is 11.7. The molecule has 88 valence electrons. The highest BCUT2D eigenvalue weighted by Gasteiger charge is 2.24. The molecule has 0 unspecified atom stereocenters. The fourth-order valence-corrected chi connectivity index (χ4v) is 2.28. The van der Waals surface area contributed by atoms with Crippen LogP contribution in [0, 0.1) is 0 Å². The fourth-order valence-electron chi connectivity index (χ4n) is 2.28. The first-order chi connectivity index (χ1) is 8.33. The van der Waals surface area contributed by atoms with Crippen LogP contribution in [-0.2, 0) is 6.54 Å². The largest absolute Gasteiger partial charge is 0.357 e. The van der Waals surface area contributed by atoms with E-state index in [2.05, 4.69) is 0 Å². The first-order valence-corrected chi connectivity index (χ1v) is 6.08. The zero-order valence-electron chi connectivity index (χ0n) is 9.63. The van der Waals surface area contributed by atoms with Crippen LogP contribution in [0.15, 0.2) is 45.7 Å². The van der Waals surface area contributed by atoms with Gasteiger partial charge >= 0.3 is 5.63 Å². The standard InChI is InChI=1S/C14H15NO2/c16-14-9-13(12-7-4-8-12)15(17-14)10-11-5-2-1-3-6-11/h1-3,5-6,9,12H,4,7-8,10H2. The molecule has 17 heavy (non-hydrogen) atoms. The molecule has 1 heterocycles. The maximum atomic E-state index is 11.4. The van der Waals surface area contributed by atoms with Crippen LogP contribution in [0.25, 0.3) is 0 Å². The van der Waals surface area contributed by atoms with Gasteiger partial charge in [-0.15, -0.1) is 0 Å². The molecule has 2 aromatic rings. The van der Waals surface area contributed by atoms with Gasteiger partial charge in [0.05, 0.1) is 12.2 Å². The molecule has 1 saturated carbocycles. The van der Waals surface area contributed by atoms with Crippen LogP contribution < -0.4 is 5.63 Å². The van der Waals surface area contributed by atoms with Crippen molar-refractivity contribution in [2.45, 2.75) is 31.7 Å². The molecular formula is C14H15NO2. The highest BCUT2D eigenvalue weighted by atomic mass is 16.5. The lowest BCUT2D eigenvalue weighted by Crippen LogP contribution is -2.14. The van der Waals surface area contributed by atoms with Gasteiger partial charge in [0.15, 0.2) is 0 Å². The Labute approximate surface area is 99.6 Å². The molecule has 0 N–H and O–H groups in total. The van der Waals surface area contributed by atoms with E-state index in [-0.39, 0.29) is 5.63 Å². The van der Waals surface area contributed by atoms with Crippen LogP contribution in [0.4, 0.5) is 0 Å². The molecule has 0 spiro atoms. The third kappa shape index (κ3) is 2.05. The molecular weight excluding hydrogens is 214 g/mol. The number of aromatic nitrogens is 1. The van der Waals surface area contributed by atoms with E-state index in [0.29, 0.717) is 12.5 Å². The van der Waals surface area contributed by atoms with Gasteiger partial charge in [0.2, 0.25) is 0 Å². The molecule has 1 aromatic carbocycles. The quantitative estimate of drug-likeness (QED) is 0.811. The topological polar surface area (TPSA) is 35.1 Å². The van der Waals surface area contributed by atoms with Crippen LogP contribution in [0.2, 0.25) is 0 Å². The minimum absolute atomic E-state index is 0.233. The van der Waals surface area contributed by atoms with Crippen LogP contribution >= 0.6 is 0 Å². The average Bonchev–Trinajstić information content (AvgIpc) is 2.59. The molecule has 1 fully saturated rings. The number of rotatable bonds is 3. The monoisotopic (exact) mass is 229 g/mol. The van der Waals surface area contributed by atoms with Crippen LogP contribution in [-0.4, -0.2) is 4.74 Å². The fraction of sp³-hybridized carbons (Fsp3) is 0.357. The van der Waals surface area contributed by atoms with Crippen LogP contribution in [0.3, 0.4) is 0 Å². The van der Waals surface area contributed by atoms with Crippen molar-refractivity contribution in [2.75, 3.05) is 0 Å². The van der Waals surface area contributed by atoms with E-state index in [1.807, 2.05) is 30.3 Å². The van der Waals surface area contributed by atoms with E-state index < -0.39 is 0 Å². The van der Waals surface area contributed by atoms with E-state index in [4.69, 9.17) is 4.52 Å². The van der Waals surface area contributed by atoms with Gasteiger partial charge in [-0.1, -0.05) is 36.8 Å². The van der Waals surface area contributed by atoms with Crippen molar-refractivity contribution in [3.8, 4) is 0 Å². The van der Waals surface area contributed by atoms with Gasteiger partial charge in [0.25, 0.3) is 0 Å². The summed E-state index contributed by atoms with van der Waals surface area (Å²) in [5, 5.41) is 0. The summed E-state index contributed by atoms with van der Waals surface area (Å²) in [6.07, 6.45) is 3.61. The first kappa shape index (κ1) is 10.4. The zero-order chi connectivity index (χ0) is 11.7. The molecule has 3 nitrogen and oxygen atoms in total. The number of benzene rings is 1. The van der Waals surface area contributed by atoms with E-state index in [9.17, 15) is 4.79 Å². The summed E-state index contributed by atoms with van der Waals surface area (Å²) >= 11 is 0. The molecule has 1 aliphatic rings. The minimum Gasteiger partial charge on any atom is -0.336 e. The van der Waals surface area contributed by atoms with Gasteiger partial charge in [-0.2, -0.15) is 0 Å². The van der Waals surface area contributed by atoms with Gasteiger partial charge in [-0.25, -0.2) is 9.53 Å². The molecule has 3 heteroatoms. The Morgan fingerprint density at radius 3 is 2.65 bits per heavy atom. The molecule has 1 aliphatic carbocycles.